The van der Waals surface area contributed by atoms with Crippen LogP contribution in [-0.2, 0) is 11.4 Å². The molecule has 100 valence electrons. The van der Waals surface area contributed by atoms with Crippen LogP contribution in [0.4, 0.5) is 0 Å². The number of hydrogen-bond acceptors (Lipinski definition) is 2. The molecule has 1 aromatic carbocycles. The van der Waals surface area contributed by atoms with Gasteiger partial charge >= 0.3 is 0 Å². The van der Waals surface area contributed by atoms with E-state index in [2.05, 4.69) is 4.72 Å². The monoisotopic (exact) mass is 285 g/mol. The lowest BCUT2D eigenvalue weighted by Gasteiger charge is -2.28. The van der Waals surface area contributed by atoms with E-state index in [9.17, 15) is 4.55 Å². The minimum atomic E-state index is -1.04. The second-order valence-electron chi connectivity index (χ2n) is 5.87. The molecule has 2 atom stereocenters. The third-order valence-electron chi connectivity index (χ3n) is 3.11. The molecule has 0 spiro atoms. The van der Waals surface area contributed by atoms with Crippen LogP contribution in [0.2, 0.25) is 5.02 Å². The minimum absolute atomic E-state index is 0.183. The molecule has 0 aliphatic heterocycles. The minimum Gasteiger partial charge on any atom is -0.598 e. The fourth-order valence-electron chi connectivity index (χ4n) is 1.83. The van der Waals surface area contributed by atoms with E-state index in [4.69, 9.17) is 11.6 Å². The summed E-state index contributed by atoms with van der Waals surface area (Å²) < 4.78 is 15.3. The topological polar surface area (TPSA) is 35.1 Å². The molecular formula is C14H20ClNOS. The Balaban J connectivity index is 2.11. The molecule has 1 aliphatic rings. The first kappa shape index (κ1) is 14.2. The van der Waals surface area contributed by atoms with Crippen molar-refractivity contribution in [2.45, 2.75) is 44.4 Å². The maximum absolute atomic E-state index is 12.2. The van der Waals surface area contributed by atoms with E-state index in [-0.39, 0.29) is 10.8 Å². The summed E-state index contributed by atoms with van der Waals surface area (Å²) in [4.78, 5) is 0. The average molecular weight is 286 g/mol. The molecule has 1 aromatic rings. The van der Waals surface area contributed by atoms with Gasteiger partial charge in [-0.05, 0) is 57.2 Å². The van der Waals surface area contributed by atoms with Crippen molar-refractivity contribution in [2.24, 2.45) is 5.92 Å². The summed E-state index contributed by atoms with van der Waals surface area (Å²) in [6.07, 6.45) is 2.42. The van der Waals surface area contributed by atoms with Crippen molar-refractivity contribution in [1.82, 2.24) is 4.72 Å². The van der Waals surface area contributed by atoms with Crippen LogP contribution in [0.3, 0.4) is 0 Å². The van der Waals surface area contributed by atoms with Gasteiger partial charge in [0.2, 0.25) is 0 Å². The first-order chi connectivity index (χ1) is 8.38. The molecule has 0 bridgehead atoms. The molecular weight excluding hydrogens is 266 g/mol. The van der Waals surface area contributed by atoms with Gasteiger partial charge in [-0.3, -0.25) is 0 Å². The Morgan fingerprint density at radius 2 is 1.83 bits per heavy atom. The summed E-state index contributed by atoms with van der Waals surface area (Å²) in [5, 5.41) is 0.741. The molecule has 1 fully saturated rings. The van der Waals surface area contributed by atoms with E-state index in [1.54, 1.807) is 0 Å². The highest BCUT2D eigenvalue weighted by Gasteiger charge is 2.38. The number of hydrogen-bond donors (Lipinski definition) is 1. The van der Waals surface area contributed by atoms with E-state index in [0.29, 0.717) is 5.92 Å². The van der Waals surface area contributed by atoms with Gasteiger partial charge in [0.05, 0.1) is 6.04 Å². The Hall–Kier alpha value is -0.220. The predicted molar refractivity (Wildman–Crippen MR) is 77.9 cm³/mol. The van der Waals surface area contributed by atoms with E-state index >= 15 is 0 Å². The van der Waals surface area contributed by atoms with Crippen LogP contribution in [0.1, 0.15) is 45.2 Å². The van der Waals surface area contributed by atoms with Crippen LogP contribution in [0.15, 0.2) is 24.3 Å². The Labute approximate surface area is 117 Å². The van der Waals surface area contributed by atoms with Crippen molar-refractivity contribution < 1.29 is 4.55 Å². The largest absolute Gasteiger partial charge is 0.598 e. The third kappa shape index (κ3) is 3.64. The highest BCUT2D eigenvalue weighted by Crippen LogP contribution is 2.42. The Morgan fingerprint density at radius 1 is 1.28 bits per heavy atom. The quantitative estimate of drug-likeness (QED) is 0.853. The molecule has 1 saturated carbocycles. The normalized spacial score (nSPS) is 19.6. The second kappa shape index (κ2) is 5.41. The fourth-order valence-corrected chi connectivity index (χ4v) is 2.87. The Bertz CT molecular complexity index is 397. The molecule has 18 heavy (non-hydrogen) atoms. The van der Waals surface area contributed by atoms with Crippen molar-refractivity contribution in [3.05, 3.63) is 34.9 Å². The molecule has 2 nitrogen and oxygen atoms in total. The van der Waals surface area contributed by atoms with Crippen LogP contribution < -0.4 is 4.72 Å². The summed E-state index contributed by atoms with van der Waals surface area (Å²) in [6.45, 7) is 5.96. The SMILES string of the molecule is CC(C)(C)[S@@+]([O-])N[C@@H](c1ccc(Cl)cc1)C1CC1. The number of nitrogens with one attached hydrogen (secondary N) is 1. The Kier molecular flexibility index (Phi) is 4.27. The van der Waals surface area contributed by atoms with Gasteiger partial charge in [-0.25, -0.2) is 0 Å². The maximum atomic E-state index is 12.2. The van der Waals surface area contributed by atoms with Crippen LogP contribution >= 0.6 is 11.6 Å². The van der Waals surface area contributed by atoms with E-state index in [1.807, 2.05) is 45.0 Å². The van der Waals surface area contributed by atoms with Crippen molar-refractivity contribution >= 4 is 23.0 Å². The van der Waals surface area contributed by atoms with Gasteiger partial charge in [-0.2, -0.15) is 0 Å². The molecule has 4 heteroatoms. The van der Waals surface area contributed by atoms with Crippen LogP contribution in [-0.4, -0.2) is 9.30 Å². The van der Waals surface area contributed by atoms with Gasteiger partial charge in [0.15, 0.2) is 0 Å². The number of rotatable bonds is 4. The van der Waals surface area contributed by atoms with Gasteiger partial charge < -0.3 is 4.55 Å². The third-order valence-corrected chi connectivity index (χ3v) is 4.95. The molecule has 0 amide bonds. The lowest BCUT2D eigenvalue weighted by Crippen LogP contribution is -2.41. The van der Waals surface area contributed by atoms with Crippen molar-refractivity contribution in [3.8, 4) is 0 Å². The van der Waals surface area contributed by atoms with E-state index < -0.39 is 11.4 Å². The average Bonchev–Trinajstić information content (AvgIpc) is 3.09. The lowest BCUT2D eigenvalue weighted by molar-refractivity contribution is 0.503. The van der Waals surface area contributed by atoms with Crippen LogP contribution in [0.5, 0.6) is 0 Å². The zero-order valence-electron chi connectivity index (χ0n) is 11.1. The smallest absolute Gasteiger partial charge is 0.136 e. The highest BCUT2D eigenvalue weighted by molar-refractivity contribution is 7.90. The Morgan fingerprint density at radius 3 is 2.28 bits per heavy atom. The van der Waals surface area contributed by atoms with Gasteiger partial charge in [0.1, 0.15) is 4.75 Å². The molecule has 0 radical (unpaired) electrons. The molecule has 0 aromatic heterocycles. The van der Waals surface area contributed by atoms with Gasteiger partial charge in [-0.15, -0.1) is 4.72 Å². The number of halogens is 1. The molecule has 0 heterocycles. The predicted octanol–water partition coefficient (Wildman–Crippen LogP) is 3.84. The zero-order chi connectivity index (χ0) is 13.3. The van der Waals surface area contributed by atoms with E-state index in [1.165, 1.54) is 18.4 Å². The first-order valence-corrected chi connectivity index (χ1v) is 7.84. The van der Waals surface area contributed by atoms with Crippen molar-refractivity contribution in [3.63, 3.8) is 0 Å². The van der Waals surface area contributed by atoms with Gasteiger partial charge in [0, 0.05) is 16.4 Å². The van der Waals surface area contributed by atoms with Crippen molar-refractivity contribution in [2.75, 3.05) is 0 Å². The van der Waals surface area contributed by atoms with Gasteiger partial charge in [0.25, 0.3) is 0 Å². The summed E-state index contributed by atoms with van der Waals surface area (Å²) in [5.41, 5.74) is 1.18. The molecule has 1 aliphatic carbocycles. The number of benzene rings is 1. The standard InChI is InChI=1S/C14H20ClNOS/c1-14(2,3)18(17)16-13(10-4-5-10)11-6-8-12(15)9-7-11/h6-10,13,16H,4-5H2,1-3H3/t13-,18-/m1/s1. The summed E-state index contributed by atoms with van der Waals surface area (Å²) in [6, 6.07) is 8.03. The van der Waals surface area contributed by atoms with Crippen molar-refractivity contribution in [1.29, 1.82) is 0 Å². The lowest BCUT2D eigenvalue weighted by atomic mass is 10.0. The van der Waals surface area contributed by atoms with Crippen LogP contribution in [0.25, 0.3) is 0 Å². The molecule has 0 unspecified atom stereocenters. The highest BCUT2D eigenvalue weighted by atomic mass is 35.5. The summed E-state index contributed by atoms with van der Waals surface area (Å²) in [5.74, 6) is 0.609. The molecule has 1 N–H and O–H groups in total. The molecule has 0 saturated heterocycles. The molecule has 2 rings (SSSR count). The van der Waals surface area contributed by atoms with Gasteiger partial charge in [-0.1, -0.05) is 23.7 Å². The van der Waals surface area contributed by atoms with E-state index in [0.717, 1.165) is 5.02 Å². The van der Waals surface area contributed by atoms with Crippen LogP contribution in [0, 0.1) is 5.92 Å². The second-order valence-corrected chi connectivity index (χ2v) is 8.30. The zero-order valence-corrected chi connectivity index (χ0v) is 12.6. The fraction of sp³-hybridized carbons (Fsp3) is 0.571. The first-order valence-electron chi connectivity index (χ1n) is 6.31. The summed E-state index contributed by atoms with van der Waals surface area (Å²) >= 11 is 4.87. The summed E-state index contributed by atoms with van der Waals surface area (Å²) in [7, 11) is 0. The maximum Gasteiger partial charge on any atom is 0.136 e.